The maximum atomic E-state index is 12.9. The number of hydrogen-bond acceptors (Lipinski definition) is 3. The van der Waals surface area contributed by atoms with Crippen LogP contribution in [0.3, 0.4) is 0 Å². The molecule has 1 amide bonds. The lowest BCUT2D eigenvalue weighted by Crippen LogP contribution is -2.55. The Bertz CT molecular complexity index is 818. The molecular weight excluding hydrogens is 302 g/mol. The van der Waals surface area contributed by atoms with Gasteiger partial charge in [0.15, 0.2) is 0 Å². The lowest BCUT2D eigenvalue weighted by atomic mass is 9.90. The lowest BCUT2D eigenvalue weighted by Gasteiger charge is -2.41. The zero-order valence-corrected chi connectivity index (χ0v) is 13.8. The molecule has 0 radical (unpaired) electrons. The summed E-state index contributed by atoms with van der Waals surface area (Å²) >= 11 is 0. The van der Waals surface area contributed by atoms with E-state index in [0.29, 0.717) is 12.5 Å². The number of carbonyl (C=O) groups is 1. The fourth-order valence-electron chi connectivity index (χ4n) is 3.59. The average Bonchev–Trinajstić information content (AvgIpc) is 3.36. The SMILES string of the molecule is Cc1ccc(=O)n(CC2CN(C(=O)C3(c4ccccc4)CC3)C2)n1. The van der Waals surface area contributed by atoms with Gasteiger partial charge in [-0.1, -0.05) is 30.3 Å². The molecule has 24 heavy (non-hydrogen) atoms. The minimum Gasteiger partial charge on any atom is -0.341 e. The first-order valence-electron chi connectivity index (χ1n) is 8.48. The van der Waals surface area contributed by atoms with Gasteiger partial charge in [0, 0.05) is 25.1 Å². The number of rotatable bonds is 4. The van der Waals surface area contributed by atoms with Crippen LogP contribution in [0.2, 0.25) is 0 Å². The highest BCUT2D eigenvalue weighted by molar-refractivity contribution is 5.91. The Morgan fingerprint density at radius 1 is 1.17 bits per heavy atom. The fraction of sp³-hybridized carbons (Fsp3) is 0.421. The van der Waals surface area contributed by atoms with Crippen molar-refractivity contribution < 1.29 is 4.79 Å². The van der Waals surface area contributed by atoms with E-state index in [4.69, 9.17) is 0 Å². The van der Waals surface area contributed by atoms with Crippen LogP contribution in [-0.2, 0) is 16.8 Å². The van der Waals surface area contributed by atoms with E-state index in [1.807, 2.05) is 30.0 Å². The Kier molecular flexibility index (Phi) is 3.52. The van der Waals surface area contributed by atoms with Gasteiger partial charge in [0.05, 0.1) is 17.7 Å². The summed E-state index contributed by atoms with van der Waals surface area (Å²) < 4.78 is 1.52. The van der Waals surface area contributed by atoms with Gasteiger partial charge in [0.1, 0.15) is 0 Å². The molecule has 2 aromatic rings. The van der Waals surface area contributed by atoms with E-state index in [2.05, 4.69) is 17.2 Å². The van der Waals surface area contributed by atoms with Gasteiger partial charge in [-0.3, -0.25) is 9.59 Å². The monoisotopic (exact) mass is 323 g/mol. The number of likely N-dealkylation sites (tertiary alicyclic amines) is 1. The van der Waals surface area contributed by atoms with Crippen LogP contribution >= 0.6 is 0 Å². The molecule has 1 saturated heterocycles. The van der Waals surface area contributed by atoms with Crippen LogP contribution in [0.25, 0.3) is 0 Å². The summed E-state index contributed by atoms with van der Waals surface area (Å²) in [6.45, 7) is 3.90. The van der Waals surface area contributed by atoms with Crippen molar-refractivity contribution >= 4 is 5.91 Å². The molecule has 5 nitrogen and oxygen atoms in total. The van der Waals surface area contributed by atoms with Gasteiger partial charge >= 0.3 is 0 Å². The number of aromatic nitrogens is 2. The van der Waals surface area contributed by atoms with Crippen molar-refractivity contribution in [2.75, 3.05) is 13.1 Å². The van der Waals surface area contributed by atoms with E-state index in [-0.39, 0.29) is 16.9 Å². The highest BCUT2D eigenvalue weighted by Crippen LogP contribution is 2.50. The molecule has 124 valence electrons. The number of carbonyl (C=O) groups excluding carboxylic acids is 1. The third kappa shape index (κ3) is 2.54. The molecule has 4 rings (SSSR count). The average molecular weight is 323 g/mol. The molecule has 5 heteroatoms. The van der Waals surface area contributed by atoms with E-state index in [1.54, 1.807) is 12.1 Å². The fourth-order valence-corrected chi connectivity index (χ4v) is 3.59. The molecule has 0 bridgehead atoms. The number of benzene rings is 1. The molecule has 1 aromatic carbocycles. The lowest BCUT2D eigenvalue weighted by molar-refractivity contribution is -0.140. The van der Waals surface area contributed by atoms with Crippen molar-refractivity contribution in [3.05, 3.63) is 64.1 Å². The summed E-state index contributed by atoms with van der Waals surface area (Å²) in [6.07, 6.45) is 1.88. The second-order valence-corrected chi connectivity index (χ2v) is 7.02. The van der Waals surface area contributed by atoms with Crippen molar-refractivity contribution in [2.24, 2.45) is 5.92 Å². The van der Waals surface area contributed by atoms with E-state index < -0.39 is 0 Å². The van der Waals surface area contributed by atoms with Gasteiger partial charge in [0.25, 0.3) is 5.56 Å². The largest absolute Gasteiger partial charge is 0.341 e. The molecule has 0 spiro atoms. The summed E-state index contributed by atoms with van der Waals surface area (Å²) in [5, 5.41) is 4.27. The van der Waals surface area contributed by atoms with Crippen LogP contribution in [0.4, 0.5) is 0 Å². The van der Waals surface area contributed by atoms with Crippen molar-refractivity contribution in [1.82, 2.24) is 14.7 Å². The molecule has 1 aliphatic heterocycles. The van der Waals surface area contributed by atoms with Crippen LogP contribution in [0.5, 0.6) is 0 Å². The molecule has 1 aromatic heterocycles. The number of aryl methyl sites for hydroxylation is 1. The standard InChI is InChI=1S/C19H21N3O2/c1-14-7-8-17(23)22(20-14)13-15-11-21(12-15)18(24)19(9-10-19)16-5-3-2-4-6-16/h2-8,15H,9-13H2,1H3. The topological polar surface area (TPSA) is 55.2 Å². The third-order valence-corrected chi connectivity index (χ3v) is 5.16. The molecule has 2 heterocycles. The summed E-state index contributed by atoms with van der Waals surface area (Å²) in [6, 6.07) is 13.4. The van der Waals surface area contributed by atoms with Gasteiger partial charge < -0.3 is 4.90 Å². The number of hydrogen-bond donors (Lipinski definition) is 0. The highest BCUT2D eigenvalue weighted by atomic mass is 16.2. The molecule has 1 saturated carbocycles. The Hall–Kier alpha value is -2.43. The Balaban J connectivity index is 1.40. The predicted molar refractivity (Wildman–Crippen MR) is 90.7 cm³/mol. The van der Waals surface area contributed by atoms with Gasteiger partial charge in [-0.25, -0.2) is 4.68 Å². The molecule has 0 unspecified atom stereocenters. The molecular formula is C19H21N3O2. The van der Waals surface area contributed by atoms with Gasteiger partial charge in [0.2, 0.25) is 5.91 Å². The maximum Gasteiger partial charge on any atom is 0.266 e. The van der Waals surface area contributed by atoms with Crippen LogP contribution in [0.15, 0.2) is 47.3 Å². The molecule has 1 aliphatic carbocycles. The van der Waals surface area contributed by atoms with Crippen LogP contribution < -0.4 is 5.56 Å². The van der Waals surface area contributed by atoms with Crippen molar-refractivity contribution in [3.63, 3.8) is 0 Å². The Morgan fingerprint density at radius 2 is 1.88 bits per heavy atom. The number of amides is 1. The molecule has 0 atom stereocenters. The minimum absolute atomic E-state index is 0.0756. The second-order valence-electron chi connectivity index (χ2n) is 7.02. The van der Waals surface area contributed by atoms with E-state index in [9.17, 15) is 9.59 Å². The van der Waals surface area contributed by atoms with Crippen molar-refractivity contribution in [2.45, 2.75) is 31.7 Å². The first-order valence-corrected chi connectivity index (χ1v) is 8.48. The third-order valence-electron chi connectivity index (χ3n) is 5.16. The van der Waals surface area contributed by atoms with E-state index >= 15 is 0 Å². The Labute approximate surface area is 140 Å². The van der Waals surface area contributed by atoms with Crippen molar-refractivity contribution in [3.8, 4) is 0 Å². The smallest absolute Gasteiger partial charge is 0.266 e. The first kappa shape index (κ1) is 15.1. The normalized spacial score (nSPS) is 19.0. The summed E-state index contributed by atoms with van der Waals surface area (Å²) in [5.74, 6) is 0.557. The quantitative estimate of drug-likeness (QED) is 0.861. The first-order chi connectivity index (χ1) is 11.6. The summed E-state index contributed by atoms with van der Waals surface area (Å²) in [7, 11) is 0. The predicted octanol–water partition coefficient (Wildman–Crippen LogP) is 1.74. The minimum atomic E-state index is -0.287. The van der Waals surface area contributed by atoms with E-state index in [0.717, 1.165) is 37.2 Å². The Morgan fingerprint density at radius 3 is 2.54 bits per heavy atom. The summed E-state index contributed by atoms with van der Waals surface area (Å²) in [5.41, 5.74) is 1.61. The van der Waals surface area contributed by atoms with Gasteiger partial charge in [-0.15, -0.1) is 0 Å². The number of nitrogens with zero attached hydrogens (tertiary/aromatic N) is 3. The van der Waals surface area contributed by atoms with E-state index in [1.165, 1.54) is 4.68 Å². The summed E-state index contributed by atoms with van der Waals surface area (Å²) in [4.78, 5) is 26.6. The van der Waals surface area contributed by atoms with Crippen LogP contribution in [-0.4, -0.2) is 33.7 Å². The molecule has 2 fully saturated rings. The van der Waals surface area contributed by atoms with Gasteiger partial charge in [-0.2, -0.15) is 5.10 Å². The zero-order chi connectivity index (χ0) is 16.7. The van der Waals surface area contributed by atoms with Gasteiger partial charge in [-0.05, 0) is 31.4 Å². The van der Waals surface area contributed by atoms with Crippen LogP contribution in [0, 0.1) is 12.8 Å². The van der Waals surface area contributed by atoms with Crippen molar-refractivity contribution in [1.29, 1.82) is 0 Å². The molecule has 2 aliphatic rings. The van der Waals surface area contributed by atoms with Crippen LogP contribution in [0.1, 0.15) is 24.1 Å². The zero-order valence-electron chi connectivity index (χ0n) is 13.8. The highest BCUT2D eigenvalue weighted by Gasteiger charge is 2.54. The second kappa shape index (κ2) is 5.58. The maximum absolute atomic E-state index is 12.9. The molecule has 0 N–H and O–H groups in total.